The molecule has 0 unspecified atom stereocenters. The zero-order chi connectivity index (χ0) is 8.27. The number of amides is 1. The van der Waals surface area contributed by atoms with Gasteiger partial charge in [0.25, 0.3) is 5.91 Å². The Bertz CT molecular complexity index is 149. The van der Waals surface area contributed by atoms with Crippen molar-refractivity contribution in [2.75, 3.05) is 13.2 Å². The first-order valence-electron chi connectivity index (χ1n) is 3.95. The largest absolute Gasteiger partial charge is 0.318 e. The first-order chi connectivity index (χ1) is 5.25. The van der Waals surface area contributed by atoms with E-state index < -0.39 is 6.04 Å². The zero-order valence-electron chi connectivity index (χ0n) is 6.75. The Labute approximate surface area is 66.3 Å². The normalized spacial score (nSPS) is 24.7. The molecular formula is C7H14N2O2. The minimum absolute atomic E-state index is 0.0848. The maximum absolute atomic E-state index is 11.1. The number of rotatable bonds is 3. The van der Waals surface area contributed by atoms with Crippen LogP contribution in [0.15, 0.2) is 0 Å². The molecule has 4 heteroatoms. The van der Waals surface area contributed by atoms with Crippen molar-refractivity contribution in [1.29, 1.82) is 0 Å². The number of hydroxylamine groups is 2. The van der Waals surface area contributed by atoms with Crippen LogP contribution in [0.25, 0.3) is 0 Å². The van der Waals surface area contributed by atoms with Crippen LogP contribution in [0.1, 0.15) is 19.8 Å². The van der Waals surface area contributed by atoms with Crippen molar-refractivity contribution in [2.45, 2.75) is 25.8 Å². The Morgan fingerprint density at radius 3 is 3.00 bits per heavy atom. The van der Waals surface area contributed by atoms with Crippen LogP contribution >= 0.6 is 0 Å². The molecule has 4 nitrogen and oxygen atoms in total. The molecule has 1 amide bonds. The van der Waals surface area contributed by atoms with Crippen molar-refractivity contribution in [2.24, 2.45) is 5.73 Å². The summed E-state index contributed by atoms with van der Waals surface area (Å²) in [6.07, 6.45) is 2.03. The summed E-state index contributed by atoms with van der Waals surface area (Å²) in [4.78, 5) is 16.1. The third-order valence-corrected chi connectivity index (χ3v) is 1.69. The topological polar surface area (TPSA) is 55.6 Å². The molecule has 0 aromatic carbocycles. The molecule has 2 N–H and O–H groups in total. The lowest BCUT2D eigenvalue weighted by Gasteiger charge is -2.12. The van der Waals surface area contributed by atoms with Crippen LogP contribution in [0.4, 0.5) is 0 Å². The molecule has 0 aliphatic carbocycles. The Hall–Kier alpha value is -0.610. The molecule has 1 saturated heterocycles. The SMILES string of the molecule is CCCCN1OC[C@H](N)C1=O. The molecule has 0 bridgehead atoms. The van der Waals surface area contributed by atoms with E-state index in [0.717, 1.165) is 12.8 Å². The first-order valence-corrected chi connectivity index (χ1v) is 3.95. The second kappa shape index (κ2) is 3.69. The summed E-state index contributed by atoms with van der Waals surface area (Å²) in [6.45, 7) is 3.08. The Kier molecular flexibility index (Phi) is 2.84. The van der Waals surface area contributed by atoms with Gasteiger partial charge in [0.05, 0.1) is 6.61 Å². The average Bonchev–Trinajstić information content (AvgIpc) is 2.31. The third kappa shape index (κ3) is 1.91. The van der Waals surface area contributed by atoms with Gasteiger partial charge in [0.15, 0.2) is 0 Å². The van der Waals surface area contributed by atoms with Crippen molar-refractivity contribution >= 4 is 5.91 Å². The molecule has 64 valence electrons. The van der Waals surface area contributed by atoms with Crippen LogP contribution in [0, 0.1) is 0 Å². The van der Waals surface area contributed by atoms with E-state index >= 15 is 0 Å². The number of hydrogen-bond donors (Lipinski definition) is 1. The molecule has 0 radical (unpaired) electrons. The first kappa shape index (κ1) is 8.49. The van der Waals surface area contributed by atoms with Crippen molar-refractivity contribution in [3.8, 4) is 0 Å². The molecule has 1 heterocycles. The molecule has 1 aliphatic heterocycles. The van der Waals surface area contributed by atoms with Crippen molar-refractivity contribution in [3.63, 3.8) is 0 Å². The summed E-state index contributed by atoms with van der Waals surface area (Å²) in [5.41, 5.74) is 5.42. The van der Waals surface area contributed by atoms with Crippen LogP contribution in [0.3, 0.4) is 0 Å². The highest BCUT2D eigenvalue weighted by atomic mass is 16.7. The summed E-state index contributed by atoms with van der Waals surface area (Å²) >= 11 is 0. The van der Waals surface area contributed by atoms with E-state index in [1.54, 1.807) is 0 Å². The molecule has 11 heavy (non-hydrogen) atoms. The monoisotopic (exact) mass is 158 g/mol. The van der Waals surface area contributed by atoms with Crippen LogP contribution in [0.5, 0.6) is 0 Å². The lowest BCUT2D eigenvalue weighted by Crippen LogP contribution is -2.34. The Morgan fingerprint density at radius 1 is 1.82 bits per heavy atom. The van der Waals surface area contributed by atoms with Gasteiger partial charge in [-0.3, -0.25) is 9.63 Å². The van der Waals surface area contributed by atoms with Gasteiger partial charge in [0.1, 0.15) is 6.04 Å². The molecule has 0 spiro atoms. The van der Waals surface area contributed by atoms with Gasteiger partial charge in [-0.05, 0) is 6.42 Å². The Balaban J connectivity index is 2.30. The minimum atomic E-state index is -0.438. The van der Waals surface area contributed by atoms with Crippen molar-refractivity contribution in [3.05, 3.63) is 0 Å². The Morgan fingerprint density at radius 2 is 2.55 bits per heavy atom. The van der Waals surface area contributed by atoms with E-state index in [1.807, 2.05) is 0 Å². The molecule has 1 fully saturated rings. The zero-order valence-corrected chi connectivity index (χ0v) is 6.75. The molecule has 1 aliphatic rings. The van der Waals surface area contributed by atoms with E-state index in [4.69, 9.17) is 10.6 Å². The maximum Gasteiger partial charge on any atom is 0.265 e. The summed E-state index contributed by atoms with van der Waals surface area (Å²) in [7, 11) is 0. The lowest BCUT2D eigenvalue weighted by molar-refractivity contribution is -0.161. The lowest BCUT2D eigenvalue weighted by atomic mass is 10.3. The smallest absolute Gasteiger partial charge is 0.265 e. The molecule has 1 atom stereocenters. The fraction of sp³-hybridized carbons (Fsp3) is 0.857. The predicted octanol–water partition coefficient (Wildman–Crippen LogP) is -0.112. The van der Waals surface area contributed by atoms with Gasteiger partial charge >= 0.3 is 0 Å². The highest BCUT2D eigenvalue weighted by Gasteiger charge is 2.29. The van der Waals surface area contributed by atoms with Gasteiger partial charge < -0.3 is 5.73 Å². The second-order valence-corrected chi connectivity index (χ2v) is 2.70. The van der Waals surface area contributed by atoms with Crippen LogP contribution < -0.4 is 5.73 Å². The second-order valence-electron chi connectivity index (χ2n) is 2.70. The summed E-state index contributed by atoms with van der Waals surface area (Å²) in [6, 6.07) is -0.438. The number of nitrogens with zero attached hydrogens (tertiary/aromatic N) is 1. The van der Waals surface area contributed by atoms with E-state index in [0.29, 0.717) is 13.2 Å². The summed E-state index contributed by atoms with van der Waals surface area (Å²) < 4.78 is 0. The fourth-order valence-electron chi connectivity index (χ4n) is 0.967. The molecule has 0 saturated carbocycles. The van der Waals surface area contributed by atoms with Gasteiger partial charge in [-0.25, -0.2) is 5.06 Å². The molecular weight excluding hydrogens is 144 g/mol. The maximum atomic E-state index is 11.1. The van der Waals surface area contributed by atoms with Crippen LogP contribution in [-0.2, 0) is 9.63 Å². The standard InChI is InChI=1S/C7H14N2O2/c1-2-3-4-9-7(10)6(8)5-11-9/h6H,2-5,8H2,1H3/t6-/m0/s1. The highest BCUT2D eigenvalue weighted by molar-refractivity contribution is 5.82. The van der Waals surface area contributed by atoms with Crippen molar-refractivity contribution in [1.82, 2.24) is 5.06 Å². The van der Waals surface area contributed by atoms with Crippen molar-refractivity contribution < 1.29 is 9.63 Å². The van der Waals surface area contributed by atoms with Gasteiger partial charge in [0, 0.05) is 6.54 Å². The fourth-order valence-corrected chi connectivity index (χ4v) is 0.967. The molecule has 1 rings (SSSR count). The highest BCUT2D eigenvalue weighted by Crippen LogP contribution is 2.06. The quantitative estimate of drug-likeness (QED) is 0.623. The van der Waals surface area contributed by atoms with Crippen LogP contribution in [-0.4, -0.2) is 30.2 Å². The van der Waals surface area contributed by atoms with E-state index in [9.17, 15) is 4.79 Å². The van der Waals surface area contributed by atoms with Crippen LogP contribution in [0.2, 0.25) is 0 Å². The average molecular weight is 158 g/mol. The molecule has 0 aromatic heterocycles. The number of carbonyl (C=O) groups is 1. The summed E-state index contributed by atoms with van der Waals surface area (Å²) in [5.74, 6) is -0.0848. The predicted molar refractivity (Wildman–Crippen MR) is 40.5 cm³/mol. The van der Waals surface area contributed by atoms with E-state index in [2.05, 4.69) is 6.92 Å². The van der Waals surface area contributed by atoms with Gasteiger partial charge in [-0.15, -0.1) is 0 Å². The van der Waals surface area contributed by atoms with Gasteiger partial charge in [-0.2, -0.15) is 0 Å². The van der Waals surface area contributed by atoms with E-state index in [1.165, 1.54) is 5.06 Å². The number of hydrogen-bond acceptors (Lipinski definition) is 3. The number of unbranched alkanes of at least 4 members (excludes halogenated alkanes) is 1. The molecule has 0 aromatic rings. The summed E-state index contributed by atoms with van der Waals surface area (Å²) in [5, 5.41) is 1.37. The third-order valence-electron chi connectivity index (χ3n) is 1.69. The van der Waals surface area contributed by atoms with Gasteiger partial charge in [-0.1, -0.05) is 13.3 Å². The van der Waals surface area contributed by atoms with Gasteiger partial charge in [0.2, 0.25) is 0 Å². The van der Waals surface area contributed by atoms with E-state index in [-0.39, 0.29) is 5.91 Å². The minimum Gasteiger partial charge on any atom is -0.318 e. The number of carbonyl (C=O) groups excluding carboxylic acids is 1. The number of nitrogens with two attached hydrogens (primary N) is 1.